The lowest BCUT2D eigenvalue weighted by Crippen LogP contribution is -2.11. The number of rotatable bonds is 3. The topological polar surface area (TPSA) is 43.8 Å². The van der Waals surface area contributed by atoms with Gasteiger partial charge in [0, 0.05) is 18.3 Å². The standard InChI is InChI=1S/C12H13ClFN3/c1-2-17-7-9(6-16-17)12(15)8-3-4-11(14)10(13)5-8/h3-7,12H,2,15H2,1H3. The number of nitrogens with zero attached hydrogens (tertiary/aromatic N) is 2. The van der Waals surface area contributed by atoms with Crippen LogP contribution in [0.1, 0.15) is 24.1 Å². The predicted octanol–water partition coefficient (Wildman–Crippen LogP) is 2.74. The first-order valence-corrected chi connectivity index (χ1v) is 5.72. The second-order valence-corrected chi connectivity index (χ2v) is 4.19. The fourth-order valence-electron chi connectivity index (χ4n) is 1.61. The molecule has 0 saturated carbocycles. The van der Waals surface area contributed by atoms with Crippen LogP contribution in [-0.2, 0) is 6.54 Å². The van der Waals surface area contributed by atoms with Crippen molar-refractivity contribution in [2.45, 2.75) is 19.5 Å². The first-order valence-electron chi connectivity index (χ1n) is 5.34. The SMILES string of the molecule is CCn1cc(C(N)c2ccc(F)c(Cl)c2)cn1. The summed E-state index contributed by atoms with van der Waals surface area (Å²) < 4.78 is 14.8. The highest BCUT2D eigenvalue weighted by Crippen LogP contribution is 2.23. The van der Waals surface area contributed by atoms with Gasteiger partial charge >= 0.3 is 0 Å². The normalized spacial score (nSPS) is 12.7. The van der Waals surface area contributed by atoms with Crippen LogP contribution in [0, 0.1) is 5.82 Å². The summed E-state index contributed by atoms with van der Waals surface area (Å²) >= 11 is 5.73. The number of benzene rings is 1. The number of hydrogen-bond acceptors (Lipinski definition) is 2. The molecule has 0 fully saturated rings. The molecule has 0 spiro atoms. The molecule has 0 aliphatic carbocycles. The third-order valence-electron chi connectivity index (χ3n) is 2.64. The average molecular weight is 254 g/mol. The molecule has 2 aromatic rings. The molecule has 17 heavy (non-hydrogen) atoms. The fraction of sp³-hybridized carbons (Fsp3) is 0.250. The molecule has 0 aliphatic heterocycles. The smallest absolute Gasteiger partial charge is 0.141 e. The van der Waals surface area contributed by atoms with E-state index in [9.17, 15) is 4.39 Å². The Labute approximate surface area is 104 Å². The van der Waals surface area contributed by atoms with Crippen molar-refractivity contribution in [2.75, 3.05) is 0 Å². The van der Waals surface area contributed by atoms with Crippen molar-refractivity contribution in [3.63, 3.8) is 0 Å². The van der Waals surface area contributed by atoms with E-state index in [1.807, 2.05) is 13.1 Å². The molecular weight excluding hydrogens is 241 g/mol. The molecule has 0 aliphatic rings. The highest BCUT2D eigenvalue weighted by Gasteiger charge is 2.12. The first kappa shape index (κ1) is 12.1. The second kappa shape index (κ2) is 4.85. The van der Waals surface area contributed by atoms with Gasteiger partial charge in [-0.2, -0.15) is 5.10 Å². The molecule has 1 aromatic heterocycles. The Morgan fingerprint density at radius 1 is 1.47 bits per heavy atom. The number of aromatic nitrogens is 2. The maximum Gasteiger partial charge on any atom is 0.141 e. The van der Waals surface area contributed by atoms with E-state index in [1.165, 1.54) is 6.07 Å². The summed E-state index contributed by atoms with van der Waals surface area (Å²) in [6, 6.07) is 4.16. The van der Waals surface area contributed by atoms with Crippen LogP contribution in [-0.4, -0.2) is 9.78 Å². The van der Waals surface area contributed by atoms with E-state index in [4.69, 9.17) is 17.3 Å². The third kappa shape index (κ3) is 2.48. The van der Waals surface area contributed by atoms with Crippen molar-refractivity contribution in [1.29, 1.82) is 0 Å². The molecule has 1 heterocycles. The summed E-state index contributed by atoms with van der Waals surface area (Å²) in [7, 11) is 0. The average Bonchev–Trinajstić information content (AvgIpc) is 2.80. The zero-order valence-corrected chi connectivity index (χ0v) is 10.2. The number of halogens is 2. The molecule has 0 saturated heterocycles. The van der Waals surface area contributed by atoms with Crippen molar-refractivity contribution in [3.8, 4) is 0 Å². The second-order valence-electron chi connectivity index (χ2n) is 3.78. The van der Waals surface area contributed by atoms with Crippen LogP contribution >= 0.6 is 11.6 Å². The Balaban J connectivity index is 2.29. The van der Waals surface area contributed by atoms with E-state index >= 15 is 0 Å². The zero-order valence-electron chi connectivity index (χ0n) is 9.40. The van der Waals surface area contributed by atoms with Crippen LogP contribution in [0.4, 0.5) is 4.39 Å². The van der Waals surface area contributed by atoms with Gasteiger partial charge < -0.3 is 5.73 Å². The van der Waals surface area contributed by atoms with Crippen molar-refractivity contribution < 1.29 is 4.39 Å². The number of aryl methyl sites for hydroxylation is 1. The minimum absolute atomic E-state index is 0.0841. The molecule has 2 N–H and O–H groups in total. The largest absolute Gasteiger partial charge is 0.320 e. The summed E-state index contributed by atoms with van der Waals surface area (Å²) in [5.41, 5.74) is 7.72. The van der Waals surface area contributed by atoms with Crippen molar-refractivity contribution >= 4 is 11.6 Å². The molecule has 0 amide bonds. The van der Waals surface area contributed by atoms with Crippen LogP contribution in [0.3, 0.4) is 0 Å². The number of nitrogens with two attached hydrogens (primary N) is 1. The number of hydrogen-bond donors (Lipinski definition) is 1. The summed E-state index contributed by atoms with van der Waals surface area (Å²) in [4.78, 5) is 0. The zero-order chi connectivity index (χ0) is 12.4. The highest BCUT2D eigenvalue weighted by molar-refractivity contribution is 6.30. The molecule has 5 heteroatoms. The predicted molar refractivity (Wildman–Crippen MR) is 65.3 cm³/mol. The quantitative estimate of drug-likeness (QED) is 0.914. The van der Waals surface area contributed by atoms with E-state index in [2.05, 4.69) is 5.10 Å². The molecule has 0 bridgehead atoms. The van der Waals surface area contributed by atoms with Gasteiger partial charge in [-0.25, -0.2) is 4.39 Å². The monoisotopic (exact) mass is 253 g/mol. The van der Waals surface area contributed by atoms with E-state index in [-0.39, 0.29) is 11.1 Å². The van der Waals surface area contributed by atoms with Gasteiger partial charge in [-0.05, 0) is 24.6 Å². The van der Waals surface area contributed by atoms with Gasteiger partial charge in [0.1, 0.15) is 5.82 Å². The van der Waals surface area contributed by atoms with Gasteiger partial charge in [0.2, 0.25) is 0 Å². The van der Waals surface area contributed by atoms with Crippen LogP contribution in [0.25, 0.3) is 0 Å². The Hall–Kier alpha value is -1.39. The first-order chi connectivity index (χ1) is 8.11. The maximum atomic E-state index is 13.0. The van der Waals surface area contributed by atoms with Gasteiger partial charge in [0.15, 0.2) is 0 Å². The lowest BCUT2D eigenvalue weighted by molar-refractivity contribution is 0.626. The van der Waals surface area contributed by atoms with Gasteiger partial charge in [-0.15, -0.1) is 0 Å². The van der Waals surface area contributed by atoms with Gasteiger partial charge in [0.25, 0.3) is 0 Å². The van der Waals surface area contributed by atoms with E-state index in [1.54, 1.807) is 23.0 Å². The Morgan fingerprint density at radius 3 is 2.82 bits per heavy atom. The highest BCUT2D eigenvalue weighted by atomic mass is 35.5. The fourth-order valence-corrected chi connectivity index (χ4v) is 1.80. The molecule has 2 rings (SSSR count). The Kier molecular flexibility index (Phi) is 3.45. The molecule has 1 aromatic carbocycles. The lowest BCUT2D eigenvalue weighted by atomic mass is 10.0. The van der Waals surface area contributed by atoms with Crippen LogP contribution in [0.2, 0.25) is 5.02 Å². The molecule has 1 atom stereocenters. The van der Waals surface area contributed by atoms with Gasteiger partial charge in [-0.1, -0.05) is 17.7 Å². The maximum absolute atomic E-state index is 13.0. The third-order valence-corrected chi connectivity index (χ3v) is 2.93. The van der Waals surface area contributed by atoms with Crippen molar-refractivity contribution in [3.05, 3.63) is 52.6 Å². The lowest BCUT2D eigenvalue weighted by Gasteiger charge is -2.10. The van der Waals surface area contributed by atoms with E-state index in [0.717, 1.165) is 17.7 Å². The molecule has 90 valence electrons. The summed E-state index contributed by atoms with van der Waals surface area (Å²) in [6.07, 6.45) is 3.59. The van der Waals surface area contributed by atoms with Crippen molar-refractivity contribution in [2.24, 2.45) is 5.73 Å². The molecule has 0 radical (unpaired) electrons. The van der Waals surface area contributed by atoms with Gasteiger partial charge in [0.05, 0.1) is 17.3 Å². The molecule has 3 nitrogen and oxygen atoms in total. The Bertz CT molecular complexity index is 524. The van der Waals surface area contributed by atoms with Crippen LogP contribution in [0.5, 0.6) is 0 Å². The molecule has 1 unspecified atom stereocenters. The summed E-state index contributed by atoms with van der Waals surface area (Å²) in [6.45, 7) is 2.79. The van der Waals surface area contributed by atoms with E-state index < -0.39 is 5.82 Å². The summed E-state index contributed by atoms with van der Waals surface area (Å²) in [5.74, 6) is -0.438. The van der Waals surface area contributed by atoms with E-state index in [0.29, 0.717) is 0 Å². The van der Waals surface area contributed by atoms with Gasteiger partial charge in [-0.3, -0.25) is 4.68 Å². The molecular formula is C12H13ClFN3. The van der Waals surface area contributed by atoms with Crippen LogP contribution in [0.15, 0.2) is 30.6 Å². The van der Waals surface area contributed by atoms with Crippen molar-refractivity contribution in [1.82, 2.24) is 9.78 Å². The minimum Gasteiger partial charge on any atom is -0.320 e. The minimum atomic E-state index is -0.438. The van der Waals surface area contributed by atoms with Crippen LogP contribution < -0.4 is 5.73 Å². The summed E-state index contributed by atoms with van der Waals surface area (Å²) in [5, 5.41) is 4.23. The Morgan fingerprint density at radius 2 is 2.24 bits per heavy atom.